The van der Waals surface area contributed by atoms with E-state index in [-0.39, 0.29) is 0 Å². The maximum absolute atomic E-state index is 10.9. The average molecular weight is 158 g/mol. The zero-order valence-electron chi connectivity index (χ0n) is 6.07. The number of nitrogens with zero attached hydrogens (tertiary/aromatic N) is 2. The van der Waals surface area contributed by atoms with Crippen LogP contribution in [-0.2, 0) is 17.3 Å². The molecule has 1 rings (SSSR count). The molecule has 1 unspecified atom stereocenters. The number of hydrogen-bond donors (Lipinski definition) is 0. The van der Waals surface area contributed by atoms with Gasteiger partial charge in [0.2, 0.25) is 0 Å². The molecule has 0 aliphatic carbocycles. The summed E-state index contributed by atoms with van der Waals surface area (Å²) >= 11 is 0. The second-order valence-corrected chi connectivity index (χ2v) is 3.22. The predicted octanol–water partition coefficient (Wildman–Crippen LogP) is 0.640. The minimum absolute atomic E-state index is 0.655. The van der Waals surface area contributed by atoms with Gasteiger partial charge in [-0.1, -0.05) is 0 Å². The van der Waals surface area contributed by atoms with Crippen molar-refractivity contribution < 1.29 is 4.21 Å². The minimum Gasteiger partial charge on any atom is -0.324 e. The largest absolute Gasteiger partial charge is 0.324 e. The second kappa shape index (κ2) is 2.96. The Morgan fingerprint density at radius 1 is 1.80 bits per heavy atom. The summed E-state index contributed by atoms with van der Waals surface area (Å²) in [6, 6.07) is 0. The van der Waals surface area contributed by atoms with Gasteiger partial charge in [0.15, 0.2) is 5.16 Å². The molecule has 0 aliphatic rings. The fourth-order valence-electron chi connectivity index (χ4n) is 0.796. The first kappa shape index (κ1) is 7.47. The molecule has 0 fully saturated rings. The van der Waals surface area contributed by atoms with Crippen molar-refractivity contribution >= 4 is 10.8 Å². The van der Waals surface area contributed by atoms with Crippen LogP contribution < -0.4 is 0 Å². The average Bonchev–Trinajstić information content (AvgIpc) is 2.33. The summed E-state index contributed by atoms with van der Waals surface area (Å²) < 4.78 is 12.8. The Kier molecular flexibility index (Phi) is 2.21. The lowest BCUT2D eigenvalue weighted by atomic mass is 10.7. The van der Waals surface area contributed by atoms with Gasteiger partial charge in [-0.2, -0.15) is 0 Å². The van der Waals surface area contributed by atoms with Crippen molar-refractivity contribution in [2.75, 3.05) is 6.26 Å². The van der Waals surface area contributed by atoms with Crippen molar-refractivity contribution in [2.45, 2.75) is 18.6 Å². The van der Waals surface area contributed by atoms with Crippen LogP contribution in [0.1, 0.15) is 6.92 Å². The third kappa shape index (κ3) is 1.26. The summed E-state index contributed by atoms with van der Waals surface area (Å²) in [5, 5.41) is 0.655. The van der Waals surface area contributed by atoms with Gasteiger partial charge in [-0.25, -0.2) is 4.98 Å². The van der Waals surface area contributed by atoms with Gasteiger partial charge >= 0.3 is 0 Å². The first-order valence-electron chi connectivity index (χ1n) is 3.10. The highest BCUT2D eigenvalue weighted by Gasteiger charge is 2.02. The Balaban J connectivity index is 3.01. The number of hydrogen-bond acceptors (Lipinski definition) is 2. The summed E-state index contributed by atoms with van der Waals surface area (Å²) in [5.41, 5.74) is 0. The Morgan fingerprint density at radius 3 is 2.90 bits per heavy atom. The van der Waals surface area contributed by atoms with Crippen molar-refractivity contribution in [1.82, 2.24) is 9.55 Å². The van der Waals surface area contributed by atoms with Crippen molar-refractivity contribution in [3.05, 3.63) is 12.4 Å². The van der Waals surface area contributed by atoms with Crippen LogP contribution in [0.5, 0.6) is 0 Å². The van der Waals surface area contributed by atoms with E-state index in [9.17, 15) is 4.21 Å². The lowest BCUT2D eigenvalue weighted by molar-refractivity contribution is 0.642. The molecule has 1 heterocycles. The second-order valence-electron chi connectivity index (χ2n) is 1.95. The van der Waals surface area contributed by atoms with Crippen molar-refractivity contribution in [3.8, 4) is 0 Å². The lowest BCUT2D eigenvalue weighted by Crippen LogP contribution is -2.01. The van der Waals surface area contributed by atoms with E-state index in [2.05, 4.69) is 4.98 Å². The smallest absolute Gasteiger partial charge is 0.198 e. The zero-order valence-corrected chi connectivity index (χ0v) is 6.89. The van der Waals surface area contributed by atoms with E-state index >= 15 is 0 Å². The molecule has 0 spiro atoms. The molecule has 0 saturated carbocycles. The van der Waals surface area contributed by atoms with E-state index in [1.54, 1.807) is 12.5 Å². The molecule has 0 amide bonds. The van der Waals surface area contributed by atoms with Gasteiger partial charge in [0.1, 0.15) is 0 Å². The molecule has 1 aromatic rings. The fraction of sp³-hybridized carbons (Fsp3) is 0.500. The van der Waals surface area contributed by atoms with Crippen LogP contribution in [0.2, 0.25) is 0 Å². The van der Waals surface area contributed by atoms with Crippen LogP contribution in [0, 0.1) is 0 Å². The van der Waals surface area contributed by atoms with Crippen LogP contribution in [0.15, 0.2) is 17.6 Å². The van der Waals surface area contributed by atoms with E-state index in [4.69, 9.17) is 0 Å². The molecule has 56 valence electrons. The van der Waals surface area contributed by atoms with Gasteiger partial charge in [0.25, 0.3) is 0 Å². The highest BCUT2D eigenvalue weighted by molar-refractivity contribution is 7.84. The van der Waals surface area contributed by atoms with Crippen LogP contribution in [-0.4, -0.2) is 20.0 Å². The van der Waals surface area contributed by atoms with Crippen molar-refractivity contribution in [1.29, 1.82) is 0 Å². The Hall–Kier alpha value is -0.640. The van der Waals surface area contributed by atoms with E-state index < -0.39 is 10.8 Å². The fourth-order valence-corrected chi connectivity index (χ4v) is 1.53. The van der Waals surface area contributed by atoms with E-state index in [1.807, 2.05) is 17.7 Å². The number of aryl methyl sites for hydroxylation is 1. The highest BCUT2D eigenvalue weighted by Crippen LogP contribution is 2.00. The van der Waals surface area contributed by atoms with Gasteiger partial charge in [-0.05, 0) is 6.92 Å². The molecule has 0 N–H and O–H groups in total. The summed E-state index contributed by atoms with van der Waals surface area (Å²) in [6.07, 6.45) is 5.13. The number of imidazole rings is 1. The maximum atomic E-state index is 10.9. The van der Waals surface area contributed by atoms with Gasteiger partial charge < -0.3 is 4.57 Å². The number of rotatable bonds is 2. The molecule has 1 aromatic heterocycles. The Labute approximate surface area is 62.5 Å². The summed E-state index contributed by atoms with van der Waals surface area (Å²) in [4.78, 5) is 3.95. The zero-order chi connectivity index (χ0) is 7.56. The summed E-state index contributed by atoms with van der Waals surface area (Å²) in [6.45, 7) is 2.83. The van der Waals surface area contributed by atoms with E-state index in [0.29, 0.717) is 5.16 Å². The van der Waals surface area contributed by atoms with Gasteiger partial charge in [-0.3, -0.25) is 4.21 Å². The predicted molar refractivity (Wildman–Crippen MR) is 40.2 cm³/mol. The van der Waals surface area contributed by atoms with Crippen LogP contribution >= 0.6 is 0 Å². The summed E-state index contributed by atoms with van der Waals surface area (Å²) in [5.74, 6) is 0. The van der Waals surface area contributed by atoms with Crippen LogP contribution in [0.3, 0.4) is 0 Å². The van der Waals surface area contributed by atoms with E-state index in [1.165, 1.54) is 0 Å². The third-order valence-corrected chi connectivity index (χ3v) is 2.13. The first-order chi connectivity index (χ1) is 4.75. The SMILES string of the molecule is CCn1ccnc1S(C)=O. The first-order valence-corrected chi connectivity index (χ1v) is 4.66. The Morgan fingerprint density at radius 2 is 2.50 bits per heavy atom. The van der Waals surface area contributed by atoms with Crippen LogP contribution in [0.25, 0.3) is 0 Å². The molecule has 0 bridgehead atoms. The summed E-state index contributed by atoms with van der Waals surface area (Å²) in [7, 11) is -0.957. The molecule has 4 heteroatoms. The standard InChI is InChI=1S/C6H10N2OS/c1-3-8-5-4-7-6(8)10(2)9/h4-5H,3H2,1-2H3. The molecule has 0 aliphatic heterocycles. The highest BCUT2D eigenvalue weighted by atomic mass is 32.2. The normalized spacial score (nSPS) is 13.4. The monoisotopic (exact) mass is 158 g/mol. The maximum Gasteiger partial charge on any atom is 0.198 e. The molecule has 10 heavy (non-hydrogen) atoms. The molecule has 0 aromatic carbocycles. The third-order valence-electron chi connectivity index (χ3n) is 1.28. The Bertz CT molecular complexity index is 244. The topological polar surface area (TPSA) is 34.9 Å². The van der Waals surface area contributed by atoms with Crippen molar-refractivity contribution in [3.63, 3.8) is 0 Å². The lowest BCUT2D eigenvalue weighted by Gasteiger charge is -1.98. The molecule has 0 saturated heterocycles. The van der Waals surface area contributed by atoms with Gasteiger partial charge in [0.05, 0.1) is 10.8 Å². The van der Waals surface area contributed by atoms with Crippen LogP contribution in [0.4, 0.5) is 0 Å². The minimum atomic E-state index is -0.957. The molecule has 1 atom stereocenters. The molecule has 0 radical (unpaired) electrons. The van der Waals surface area contributed by atoms with Gasteiger partial charge in [-0.15, -0.1) is 0 Å². The molecular weight excluding hydrogens is 148 g/mol. The molecular formula is C6H10N2OS. The molecule has 3 nitrogen and oxygen atoms in total. The van der Waals surface area contributed by atoms with Crippen molar-refractivity contribution in [2.24, 2.45) is 0 Å². The van der Waals surface area contributed by atoms with Gasteiger partial charge in [0, 0.05) is 25.2 Å². The number of aromatic nitrogens is 2. The van der Waals surface area contributed by atoms with E-state index in [0.717, 1.165) is 6.54 Å². The quantitative estimate of drug-likeness (QED) is 0.633.